The molecule has 0 saturated carbocycles. The van der Waals surface area contributed by atoms with Crippen molar-refractivity contribution in [1.82, 2.24) is 9.55 Å². The fourth-order valence-electron chi connectivity index (χ4n) is 5.82. The Hall–Kier alpha value is -4.50. The lowest BCUT2D eigenvalue weighted by molar-refractivity contribution is -0.172. The fraction of sp³-hybridized carbons (Fsp3) is 0.267. The largest absolute Gasteiger partial charge is 0.458 e. The van der Waals surface area contributed by atoms with Gasteiger partial charge in [0.1, 0.15) is 6.61 Å². The summed E-state index contributed by atoms with van der Waals surface area (Å²) in [6.45, 7) is 1.87. The number of aromatic nitrogens is 2. The molecule has 5 heterocycles. The molecule has 7 rings (SSSR count). The summed E-state index contributed by atoms with van der Waals surface area (Å²) < 4.78 is 18.2. The lowest BCUT2D eigenvalue weighted by Gasteiger charge is -2.31. The molecule has 1 unspecified atom stereocenters. The molecule has 0 spiro atoms. The zero-order valence-corrected chi connectivity index (χ0v) is 21.2. The first-order chi connectivity index (χ1) is 18.9. The average molecular weight is 525 g/mol. The summed E-state index contributed by atoms with van der Waals surface area (Å²) in [5.74, 6) is 0.436. The first kappa shape index (κ1) is 23.6. The Kier molecular flexibility index (Phi) is 5.15. The van der Waals surface area contributed by atoms with Gasteiger partial charge in [-0.05, 0) is 25.0 Å². The van der Waals surface area contributed by atoms with Gasteiger partial charge in [-0.25, -0.2) is 9.78 Å². The quantitative estimate of drug-likeness (QED) is 0.274. The minimum Gasteiger partial charge on any atom is -0.458 e. The minimum atomic E-state index is -1.88. The van der Waals surface area contributed by atoms with E-state index in [-0.39, 0.29) is 55.3 Å². The molecule has 2 aromatic heterocycles. The maximum atomic E-state index is 13.5. The maximum absolute atomic E-state index is 13.5. The summed E-state index contributed by atoms with van der Waals surface area (Å²) in [4.78, 5) is 43.7. The van der Waals surface area contributed by atoms with Crippen molar-refractivity contribution in [3.63, 3.8) is 0 Å². The third kappa shape index (κ3) is 3.43. The number of hydrogen-bond acceptors (Lipinski definition) is 8. The number of hydrogen-bond donors (Lipinski definition) is 1. The highest BCUT2D eigenvalue weighted by molar-refractivity contribution is 5.97. The van der Waals surface area contributed by atoms with Gasteiger partial charge in [-0.1, -0.05) is 37.3 Å². The highest BCUT2D eigenvalue weighted by Gasteiger charge is 2.45. The van der Waals surface area contributed by atoms with Gasteiger partial charge >= 0.3 is 5.97 Å². The van der Waals surface area contributed by atoms with Crippen molar-refractivity contribution in [3.8, 4) is 22.9 Å². The van der Waals surface area contributed by atoms with E-state index in [0.717, 1.165) is 16.5 Å². The van der Waals surface area contributed by atoms with Crippen LogP contribution in [0.3, 0.4) is 0 Å². The molecular formula is C30H24N2O7. The van der Waals surface area contributed by atoms with E-state index >= 15 is 0 Å². The summed E-state index contributed by atoms with van der Waals surface area (Å²) in [5, 5.41) is 11.9. The van der Waals surface area contributed by atoms with Crippen LogP contribution in [0.4, 0.5) is 0 Å². The number of aryl methyl sites for hydroxylation is 1. The number of ketones is 1. The number of Topliss-reactive ketones (excluding diaryl/α,β-unsaturated/α-hetero) is 1. The number of carbonyl (C=O) groups is 2. The van der Waals surface area contributed by atoms with Crippen molar-refractivity contribution in [3.05, 3.63) is 86.7 Å². The van der Waals surface area contributed by atoms with Crippen molar-refractivity contribution in [2.45, 2.75) is 44.9 Å². The van der Waals surface area contributed by atoms with Gasteiger partial charge in [-0.2, -0.15) is 0 Å². The Morgan fingerprint density at radius 3 is 2.72 bits per heavy atom. The molecule has 0 aliphatic carbocycles. The summed E-state index contributed by atoms with van der Waals surface area (Å²) in [7, 11) is 0. The zero-order chi connectivity index (χ0) is 26.9. The number of rotatable bonds is 5. The lowest BCUT2D eigenvalue weighted by Crippen LogP contribution is -2.44. The number of aliphatic hydroxyl groups is 1. The Labute approximate surface area is 222 Å². The van der Waals surface area contributed by atoms with E-state index < -0.39 is 11.6 Å². The smallest absolute Gasteiger partial charge is 0.343 e. The van der Waals surface area contributed by atoms with E-state index in [4.69, 9.17) is 19.2 Å². The molecule has 2 aromatic carbocycles. The predicted molar refractivity (Wildman–Crippen MR) is 140 cm³/mol. The molecule has 0 saturated heterocycles. The molecular weight excluding hydrogens is 500 g/mol. The number of esters is 1. The third-order valence-corrected chi connectivity index (χ3v) is 7.95. The van der Waals surface area contributed by atoms with Gasteiger partial charge in [0.15, 0.2) is 22.9 Å². The second-order valence-corrected chi connectivity index (χ2v) is 10.0. The molecule has 0 bridgehead atoms. The normalized spacial score (nSPS) is 18.5. The van der Waals surface area contributed by atoms with Crippen LogP contribution < -0.4 is 15.0 Å². The van der Waals surface area contributed by atoms with Crippen LogP contribution >= 0.6 is 0 Å². The summed E-state index contributed by atoms with van der Waals surface area (Å²) in [6.07, 6.45) is 0.793. The molecule has 1 N–H and O–H groups in total. The van der Waals surface area contributed by atoms with Crippen LogP contribution in [0, 0.1) is 0 Å². The third-order valence-electron chi connectivity index (χ3n) is 7.95. The monoisotopic (exact) mass is 524 g/mol. The molecule has 4 aromatic rings. The van der Waals surface area contributed by atoms with E-state index in [1.807, 2.05) is 24.3 Å². The predicted octanol–water partition coefficient (Wildman–Crippen LogP) is 3.62. The van der Waals surface area contributed by atoms with Gasteiger partial charge < -0.3 is 23.9 Å². The van der Waals surface area contributed by atoms with Crippen LogP contribution in [0.1, 0.15) is 52.4 Å². The number of benzene rings is 2. The first-order valence-electron chi connectivity index (χ1n) is 12.9. The van der Waals surface area contributed by atoms with Gasteiger partial charge in [0.2, 0.25) is 6.79 Å². The van der Waals surface area contributed by atoms with E-state index in [9.17, 15) is 19.5 Å². The number of carbonyl (C=O) groups excluding carboxylic acids is 2. The summed E-state index contributed by atoms with van der Waals surface area (Å²) >= 11 is 0. The molecule has 0 radical (unpaired) electrons. The van der Waals surface area contributed by atoms with Crippen molar-refractivity contribution >= 4 is 22.7 Å². The van der Waals surface area contributed by atoms with Crippen LogP contribution in [0.25, 0.3) is 22.3 Å². The fourth-order valence-corrected chi connectivity index (χ4v) is 5.82. The van der Waals surface area contributed by atoms with E-state index in [1.54, 1.807) is 35.8 Å². The Morgan fingerprint density at radius 1 is 1.10 bits per heavy atom. The van der Waals surface area contributed by atoms with Gasteiger partial charge in [-0.15, -0.1) is 0 Å². The van der Waals surface area contributed by atoms with Gasteiger partial charge in [0.05, 0.1) is 29.0 Å². The number of cyclic esters (lactones) is 1. The minimum absolute atomic E-state index is 0.0269. The van der Waals surface area contributed by atoms with Crippen LogP contribution in [0.5, 0.6) is 11.5 Å². The first-order valence-corrected chi connectivity index (χ1v) is 12.9. The standard InChI is InChI=1S/C30H24N2O7/c1-2-30(36)21-11-23-26-17(13-32(23)28(34)20(21)14-37-29(30)35)10-19-18(8-9-24(33)16-6-4-3-5-7-16)27-25(38-15-39-27)12-22(19)31-26/h3-7,10-12,36H,2,8-9,13-15H2,1H3. The summed E-state index contributed by atoms with van der Waals surface area (Å²) in [6, 6.07) is 14.6. The molecule has 3 aliphatic rings. The van der Waals surface area contributed by atoms with Crippen molar-refractivity contribution in [2.24, 2.45) is 0 Å². The molecule has 0 amide bonds. The Balaban J connectivity index is 1.35. The lowest BCUT2D eigenvalue weighted by atomic mass is 9.86. The van der Waals surface area contributed by atoms with E-state index in [1.165, 1.54) is 0 Å². The van der Waals surface area contributed by atoms with Crippen LogP contribution in [-0.4, -0.2) is 33.2 Å². The molecule has 1 atom stereocenters. The topological polar surface area (TPSA) is 117 Å². The Morgan fingerprint density at radius 2 is 1.92 bits per heavy atom. The molecule has 39 heavy (non-hydrogen) atoms. The summed E-state index contributed by atoms with van der Waals surface area (Å²) in [5.41, 5.74) is 2.45. The SMILES string of the molecule is CCC1(O)C(=O)OCc2c1cc1n(c2=O)Cc2cc3c(CCC(=O)c4ccccc4)c4c(cc3nc2-1)OCO4. The van der Waals surface area contributed by atoms with Crippen LogP contribution in [-0.2, 0) is 34.7 Å². The average Bonchev–Trinajstić information content (AvgIpc) is 3.57. The molecule has 9 nitrogen and oxygen atoms in total. The molecule has 0 fully saturated rings. The van der Waals surface area contributed by atoms with Crippen LogP contribution in [0.15, 0.2) is 53.3 Å². The molecule has 196 valence electrons. The zero-order valence-electron chi connectivity index (χ0n) is 21.2. The number of pyridine rings is 2. The van der Waals surface area contributed by atoms with Crippen molar-refractivity contribution in [2.75, 3.05) is 6.79 Å². The maximum Gasteiger partial charge on any atom is 0.343 e. The molecule has 9 heteroatoms. The Bertz CT molecular complexity index is 1780. The number of fused-ring (bicyclic) bond motifs is 6. The second kappa shape index (κ2) is 8.51. The van der Waals surface area contributed by atoms with Crippen molar-refractivity contribution < 1.29 is 28.9 Å². The van der Waals surface area contributed by atoms with Crippen LogP contribution in [0.2, 0.25) is 0 Å². The highest BCUT2D eigenvalue weighted by atomic mass is 16.7. The second-order valence-electron chi connectivity index (χ2n) is 10.0. The van der Waals surface area contributed by atoms with Crippen molar-refractivity contribution in [1.29, 1.82) is 0 Å². The highest BCUT2D eigenvalue weighted by Crippen LogP contribution is 2.44. The van der Waals surface area contributed by atoms with Gasteiger partial charge in [-0.3, -0.25) is 9.59 Å². The van der Waals surface area contributed by atoms with Gasteiger partial charge in [0.25, 0.3) is 5.56 Å². The number of ether oxygens (including phenoxy) is 3. The molecule has 3 aliphatic heterocycles. The van der Waals surface area contributed by atoms with E-state index in [0.29, 0.717) is 40.4 Å². The van der Waals surface area contributed by atoms with Gasteiger partial charge in [0, 0.05) is 40.1 Å². The number of nitrogens with zero attached hydrogens (tertiary/aromatic N) is 2. The van der Waals surface area contributed by atoms with E-state index in [2.05, 4.69) is 0 Å².